The molecule has 0 spiro atoms. The van der Waals surface area contributed by atoms with Gasteiger partial charge in [-0.3, -0.25) is 19.2 Å². The maximum atomic E-state index is 11.5. The summed E-state index contributed by atoms with van der Waals surface area (Å²) in [4.78, 5) is 44.2. The molecular formula is C10H18N4O5. The first-order chi connectivity index (χ1) is 8.77. The lowest BCUT2D eigenvalue weighted by Gasteiger charge is -2.16. The minimum Gasteiger partial charge on any atom is -0.480 e. The lowest BCUT2D eigenvalue weighted by Crippen LogP contribution is -2.51. The second-order valence-electron chi connectivity index (χ2n) is 3.84. The number of aliphatic carboxylic acids is 1. The van der Waals surface area contributed by atoms with Crippen LogP contribution in [0.4, 0.5) is 0 Å². The summed E-state index contributed by atoms with van der Waals surface area (Å²) in [7, 11) is 0. The molecule has 0 radical (unpaired) electrons. The van der Waals surface area contributed by atoms with Crippen LogP contribution in [0.3, 0.4) is 0 Å². The van der Waals surface area contributed by atoms with Crippen LogP contribution in [0.5, 0.6) is 0 Å². The molecule has 6 N–H and O–H groups in total. The number of carbonyl (C=O) groups excluding carboxylic acids is 3. The number of amides is 3. The molecule has 0 aromatic heterocycles. The Morgan fingerprint density at radius 1 is 1.05 bits per heavy atom. The maximum absolute atomic E-state index is 11.5. The Balaban J connectivity index is 4.11. The van der Waals surface area contributed by atoms with Crippen LogP contribution in [0.1, 0.15) is 13.8 Å². The first kappa shape index (κ1) is 16.8. The second-order valence-corrected chi connectivity index (χ2v) is 3.84. The Hall–Kier alpha value is -2.16. The van der Waals surface area contributed by atoms with Gasteiger partial charge in [-0.15, -0.1) is 0 Å². The number of hydrogen-bond acceptors (Lipinski definition) is 5. The normalized spacial score (nSPS) is 13.0. The molecule has 0 aromatic rings. The fraction of sp³-hybridized carbons (Fsp3) is 0.600. The van der Waals surface area contributed by atoms with E-state index in [1.165, 1.54) is 13.8 Å². The number of carboxylic acids is 1. The number of carbonyl (C=O) groups is 4. The van der Waals surface area contributed by atoms with Gasteiger partial charge in [-0.05, 0) is 13.8 Å². The van der Waals surface area contributed by atoms with Crippen molar-refractivity contribution in [3.8, 4) is 0 Å². The fourth-order valence-corrected chi connectivity index (χ4v) is 1.01. The van der Waals surface area contributed by atoms with Gasteiger partial charge in [0.05, 0.1) is 13.1 Å². The molecule has 0 rings (SSSR count). The Labute approximate surface area is 109 Å². The average Bonchev–Trinajstić information content (AvgIpc) is 2.35. The summed E-state index contributed by atoms with van der Waals surface area (Å²) in [5.41, 5.74) is 5.03. The van der Waals surface area contributed by atoms with E-state index in [0.29, 0.717) is 0 Å². The van der Waals surface area contributed by atoms with E-state index in [0.717, 1.165) is 0 Å². The van der Waals surface area contributed by atoms with Crippen molar-refractivity contribution in [2.75, 3.05) is 13.1 Å². The van der Waals surface area contributed by atoms with Crippen molar-refractivity contribution >= 4 is 23.7 Å². The quantitative estimate of drug-likeness (QED) is 0.337. The molecule has 9 nitrogen and oxygen atoms in total. The van der Waals surface area contributed by atoms with Crippen LogP contribution < -0.4 is 21.7 Å². The van der Waals surface area contributed by atoms with Crippen molar-refractivity contribution in [1.82, 2.24) is 16.0 Å². The Morgan fingerprint density at radius 3 is 2.11 bits per heavy atom. The van der Waals surface area contributed by atoms with Gasteiger partial charge < -0.3 is 26.8 Å². The number of carboxylic acid groups (broad SMARTS) is 1. The van der Waals surface area contributed by atoms with Gasteiger partial charge in [0, 0.05) is 0 Å². The summed E-state index contributed by atoms with van der Waals surface area (Å²) in [6, 6.07) is -1.96. The van der Waals surface area contributed by atoms with Crippen molar-refractivity contribution in [3.63, 3.8) is 0 Å². The smallest absolute Gasteiger partial charge is 0.325 e. The van der Waals surface area contributed by atoms with E-state index in [9.17, 15) is 19.2 Å². The third kappa shape index (κ3) is 6.99. The van der Waals surface area contributed by atoms with E-state index in [1.54, 1.807) is 0 Å². The molecule has 108 valence electrons. The molecule has 0 bridgehead atoms. The number of nitrogens with two attached hydrogens (primary N) is 1. The van der Waals surface area contributed by atoms with Gasteiger partial charge in [-0.25, -0.2) is 0 Å². The van der Waals surface area contributed by atoms with Crippen LogP contribution in [-0.4, -0.2) is 54.0 Å². The summed E-state index contributed by atoms with van der Waals surface area (Å²) in [5.74, 6) is -2.88. The third-order valence-electron chi connectivity index (χ3n) is 2.13. The molecule has 0 fully saturated rings. The first-order valence-electron chi connectivity index (χ1n) is 5.57. The predicted octanol–water partition coefficient (Wildman–Crippen LogP) is -2.84. The summed E-state index contributed by atoms with van der Waals surface area (Å²) >= 11 is 0. The highest BCUT2D eigenvalue weighted by Gasteiger charge is 2.20. The monoisotopic (exact) mass is 274 g/mol. The molecular weight excluding hydrogens is 256 g/mol. The molecule has 0 heterocycles. The second kappa shape index (κ2) is 8.03. The van der Waals surface area contributed by atoms with Gasteiger partial charge in [-0.2, -0.15) is 0 Å². The SMILES string of the molecule is C[C@H](NC(=O)[C@H](C)NC(=O)CNC(=O)CN)C(=O)O. The van der Waals surface area contributed by atoms with E-state index in [4.69, 9.17) is 10.8 Å². The Morgan fingerprint density at radius 2 is 1.63 bits per heavy atom. The zero-order chi connectivity index (χ0) is 15.0. The molecule has 0 saturated heterocycles. The predicted molar refractivity (Wildman–Crippen MR) is 64.9 cm³/mol. The van der Waals surface area contributed by atoms with Crippen LogP contribution >= 0.6 is 0 Å². The van der Waals surface area contributed by atoms with Gasteiger partial charge in [0.15, 0.2) is 0 Å². The molecule has 0 aliphatic rings. The molecule has 3 amide bonds. The maximum Gasteiger partial charge on any atom is 0.325 e. The highest BCUT2D eigenvalue weighted by molar-refractivity contribution is 5.91. The molecule has 0 aromatic carbocycles. The molecule has 0 aliphatic heterocycles. The average molecular weight is 274 g/mol. The van der Waals surface area contributed by atoms with Gasteiger partial charge in [0.2, 0.25) is 17.7 Å². The first-order valence-corrected chi connectivity index (χ1v) is 5.57. The van der Waals surface area contributed by atoms with Crippen molar-refractivity contribution in [1.29, 1.82) is 0 Å². The molecule has 9 heteroatoms. The number of rotatable bonds is 7. The van der Waals surface area contributed by atoms with E-state index in [2.05, 4.69) is 16.0 Å². The van der Waals surface area contributed by atoms with Crippen molar-refractivity contribution < 1.29 is 24.3 Å². The van der Waals surface area contributed by atoms with E-state index < -0.39 is 35.8 Å². The largest absolute Gasteiger partial charge is 0.480 e. The number of hydrogen-bond donors (Lipinski definition) is 5. The summed E-state index contributed by atoms with van der Waals surface area (Å²) in [6.45, 7) is 2.16. The lowest BCUT2D eigenvalue weighted by molar-refractivity contribution is -0.141. The van der Waals surface area contributed by atoms with Crippen LogP contribution in [0.15, 0.2) is 0 Å². The summed E-state index contributed by atoms with van der Waals surface area (Å²) in [5, 5.41) is 15.3. The summed E-state index contributed by atoms with van der Waals surface area (Å²) in [6.07, 6.45) is 0. The van der Waals surface area contributed by atoms with Crippen molar-refractivity contribution in [2.24, 2.45) is 5.73 Å². The lowest BCUT2D eigenvalue weighted by atomic mass is 10.2. The zero-order valence-electron chi connectivity index (χ0n) is 10.7. The van der Waals surface area contributed by atoms with Gasteiger partial charge in [0.25, 0.3) is 0 Å². The number of nitrogens with one attached hydrogen (secondary N) is 3. The standard InChI is InChI=1S/C10H18N4O5/c1-5(9(17)14-6(2)10(18)19)13-8(16)4-12-7(15)3-11/h5-6H,3-4,11H2,1-2H3,(H,12,15)(H,13,16)(H,14,17)(H,18,19)/t5-,6-/m0/s1. The van der Waals surface area contributed by atoms with Gasteiger partial charge in [-0.1, -0.05) is 0 Å². The molecule has 0 aliphatic carbocycles. The van der Waals surface area contributed by atoms with E-state index in [1.807, 2.05) is 0 Å². The zero-order valence-corrected chi connectivity index (χ0v) is 10.7. The molecule has 0 unspecified atom stereocenters. The van der Waals surface area contributed by atoms with Crippen LogP contribution in [-0.2, 0) is 19.2 Å². The third-order valence-corrected chi connectivity index (χ3v) is 2.13. The van der Waals surface area contributed by atoms with Gasteiger partial charge in [0.1, 0.15) is 12.1 Å². The highest BCUT2D eigenvalue weighted by atomic mass is 16.4. The van der Waals surface area contributed by atoms with Crippen LogP contribution in [0.25, 0.3) is 0 Å². The van der Waals surface area contributed by atoms with E-state index in [-0.39, 0.29) is 13.1 Å². The van der Waals surface area contributed by atoms with E-state index >= 15 is 0 Å². The topological polar surface area (TPSA) is 151 Å². The summed E-state index contributed by atoms with van der Waals surface area (Å²) < 4.78 is 0. The Kier molecular flexibility index (Phi) is 7.12. The molecule has 2 atom stereocenters. The fourth-order valence-electron chi connectivity index (χ4n) is 1.01. The Bertz CT molecular complexity index is 371. The van der Waals surface area contributed by atoms with Crippen molar-refractivity contribution in [2.45, 2.75) is 25.9 Å². The van der Waals surface area contributed by atoms with Crippen LogP contribution in [0, 0.1) is 0 Å². The molecule has 0 saturated carbocycles. The highest BCUT2D eigenvalue weighted by Crippen LogP contribution is 1.87. The van der Waals surface area contributed by atoms with Crippen molar-refractivity contribution in [3.05, 3.63) is 0 Å². The van der Waals surface area contributed by atoms with Crippen LogP contribution in [0.2, 0.25) is 0 Å². The van der Waals surface area contributed by atoms with Gasteiger partial charge >= 0.3 is 5.97 Å². The minimum atomic E-state index is -1.18. The minimum absolute atomic E-state index is 0.237. The molecule has 19 heavy (non-hydrogen) atoms.